The maximum absolute atomic E-state index is 11.9. The van der Waals surface area contributed by atoms with E-state index >= 15 is 0 Å². The van der Waals surface area contributed by atoms with Crippen molar-refractivity contribution in [1.29, 1.82) is 0 Å². The molecule has 0 heterocycles. The molecule has 1 amide bonds. The first kappa shape index (κ1) is 12.5. The van der Waals surface area contributed by atoms with E-state index in [0.717, 1.165) is 24.0 Å². The number of nitrogens with one attached hydrogen (secondary N) is 1. The van der Waals surface area contributed by atoms with Gasteiger partial charge in [-0.2, -0.15) is 0 Å². The summed E-state index contributed by atoms with van der Waals surface area (Å²) in [5.41, 5.74) is 1.90. The normalized spacial score (nSPS) is 10.6. The molecule has 0 bridgehead atoms. The van der Waals surface area contributed by atoms with Gasteiger partial charge in [-0.1, -0.05) is 37.3 Å². The van der Waals surface area contributed by atoms with Crippen LogP contribution < -0.4 is 5.32 Å². The molecule has 0 saturated heterocycles. The van der Waals surface area contributed by atoms with Crippen LogP contribution in [0, 0.1) is 0 Å². The third-order valence-electron chi connectivity index (χ3n) is 2.48. The summed E-state index contributed by atoms with van der Waals surface area (Å²) < 4.78 is 0. The van der Waals surface area contributed by atoms with Gasteiger partial charge in [-0.05, 0) is 31.4 Å². The minimum Gasteiger partial charge on any atom is -0.352 e. The fourth-order valence-electron chi connectivity index (χ4n) is 1.58. The van der Waals surface area contributed by atoms with Crippen LogP contribution in [0.25, 0.3) is 0 Å². The van der Waals surface area contributed by atoms with E-state index < -0.39 is 0 Å². The zero-order valence-electron chi connectivity index (χ0n) is 9.99. The summed E-state index contributed by atoms with van der Waals surface area (Å²) in [5.74, 6) is 0.0296. The molecule has 0 spiro atoms. The number of carbonyl (C=O) groups is 1. The highest BCUT2D eigenvalue weighted by molar-refractivity contribution is 5.95. The average Bonchev–Trinajstić information content (AvgIpc) is 2.34. The summed E-state index contributed by atoms with van der Waals surface area (Å²) in [4.78, 5) is 11.9. The molecule has 2 heteroatoms. The lowest BCUT2D eigenvalue weighted by atomic mass is 10.0. The summed E-state index contributed by atoms with van der Waals surface area (Å²) >= 11 is 0. The minimum atomic E-state index is 0.0296. The smallest absolute Gasteiger partial charge is 0.251 e. The van der Waals surface area contributed by atoms with Gasteiger partial charge < -0.3 is 5.32 Å². The van der Waals surface area contributed by atoms with Crippen LogP contribution in [-0.2, 0) is 6.42 Å². The molecule has 2 nitrogen and oxygen atoms in total. The standard InChI is InChI=1S/C14H19NO/c1-3-5-8-11-15-14(16)13-10-7-6-9-12(13)4-2/h3,5-7,9-10H,4,8,11H2,1-2H3,(H,15,16)/b5-3+. The van der Waals surface area contributed by atoms with E-state index in [9.17, 15) is 4.79 Å². The zero-order valence-corrected chi connectivity index (χ0v) is 9.99. The molecule has 0 radical (unpaired) electrons. The Morgan fingerprint density at radius 1 is 1.38 bits per heavy atom. The Kier molecular flexibility index (Phi) is 5.34. The fourth-order valence-corrected chi connectivity index (χ4v) is 1.58. The third-order valence-corrected chi connectivity index (χ3v) is 2.48. The average molecular weight is 217 g/mol. The molecule has 0 atom stereocenters. The van der Waals surface area contributed by atoms with E-state index in [1.807, 2.05) is 43.3 Å². The molecular formula is C14H19NO. The second-order valence-corrected chi connectivity index (χ2v) is 3.62. The number of amides is 1. The molecule has 0 fully saturated rings. The van der Waals surface area contributed by atoms with Gasteiger partial charge in [0.25, 0.3) is 5.91 Å². The Morgan fingerprint density at radius 2 is 2.12 bits per heavy atom. The zero-order chi connectivity index (χ0) is 11.8. The monoisotopic (exact) mass is 217 g/mol. The molecular weight excluding hydrogens is 198 g/mol. The van der Waals surface area contributed by atoms with Crippen molar-refractivity contribution in [2.45, 2.75) is 26.7 Å². The predicted octanol–water partition coefficient (Wildman–Crippen LogP) is 2.95. The first-order chi connectivity index (χ1) is 7.79. The van der Waals surface area contributed by atoms with Crippen LogP contribution in [0.1, 0.15) is 36.2 Å². The third kappa shape index (κ3) is 3.54. The largest absolute Gasteiger partial charge is 0.352 e. The van der Waals surface area contributed by atoms with E-state index in [0.29, 0.717) is 6.54 Å². The Balaban J connectivity index is 2.58. The van der Waals surface area contributed by atoms with Crippen molar-refractivity contribution in [3.05, 3.63) is 47.5 Å². The molecule has 0 aromatic heterocycles. The van der Waals surface area contributed by atoms with Gasteiger partial charge in [0.2, 0.25) is 0 Å². The highest BCUT2D eigenvalue weighted by Crippen LogP contribution is 2.08. The lowest BCUT2D eigenvalue weighted by molar-refractivity contribution is 0.0953. The highest BCUT2D eigenvalue weighted by atomic mass is 16.1. The lowest BCUT2D eigenvalue weighted by Crippen LogP contribution is -2.25. The van der Waals surface area contributed by atoms with Crippen LogP contribution in [0.3, 0.4) is 0 Å². The molecule has 86 valence electrons. The SMILES string of the molecule is C/C=C/CCNC(=O)c1ccccc1CC. The molecule has 1 N–H and O–H groups in total. The molecule has 1 aromatic rings. The van der Waals surface area contributed by atoms with Crippen molar-refractivity contribution < 1.29 is 4.79 Å². The summed E-state index contributed by atoms with van der Waals surface area (Å²) in [6.45, 7) is 4.74. The number of benzene rings is 1. The van der Waals surface area contributed by atoms with Gasteiger partial charge in [-0.3, -0.25) is 4.79 Å². The molecule has 1 aromatic carbocycles. The maximum atomic E-state index is 11.9. The van der Waals surface area contributed by atoms with Crippen molar-refractivity contribution in [3.8, 4) is 0 Å². The van der Waals surface area contributed by atoms with Crippen molar-refractivity contribution in [2.75, 3.05) is 6.54 Å². The van der Waals surface area contributed by atoms with Gasteiger partial charge in [-0.15, -0.1) is 0 Å². The number of hydrogen-bond donors (Lipinski definition) is 1. The van der Waals surface area contributed by atoms with E-state index in [4.69, 9.17) is 0 Å². The quantitative estimate of drug-likeness (QED) is 0.596. The Labute approximate surface area is 97.4 Å². The topological polar surface area (TPSA) is 29.1 Å². The molecule has 16 heavy (non-hydrogen) atoms. The van der Waals surface area contributed by atoms with Crippen molar-refractivity contribution in [2.24, 2.45) is 0 Å². The Bertz CT molecular complexity index is 369. The molecule has 0 unspecified atom stereocenters. The fraction of sp³-hybridized carbons (Fsp3) is 0.357. The Morgan fingerprint density at radius 3 is 2.81 bits per heavy atom. The van der Waals surface area contributed by atoms with Crippen molar-refractivity contribution >= 4 is 5.91 Å². The van der Waals surface area contributed by atoms with Gasteiger partial charge in [-0.25, -0.2) is 0 Å². The summed E-state index contributed by atoms with van der Waals surface area (Å²) in [6.07, 6.45) is 5.81. The number of hydrogen-bond acceptors (Lipinski definition) is 1. The van der Waals surface area contributed by atoms with E-state index in [1.165, 1.54) is 0 Å². The summed E-state index contributed by atoms with van der Waals surface area (Å²) in [6, 6.07) is 7.75. The predicted molar refractivity (Wildman–Crippen MR) is 67.6 cm³/mol. The lowest BCUT2D eigenvalue weighted by Gasteiger charge is -2.07. The van der Waals surface area contributed by atoms with Gasteiger partial charge in [0.1, 0.15) is 0 Å². The summed E-state index contributed by atoms with van der Waals surface area (Å²) in [5, 5.41) is 2.92. The van der Waals surface area contributed by atoms with E-state index in [-0.39, 0.29) is 5.91 Å². The van der Waals surface area contributed by atoms with Gasteiger partial charge in [0.05, 0.1) is 0 Å². The van der Waals surface area contributed by atoms with Gasteiger partial charge in [0, 0.05) is 12.1 Å². The van der Waals surface area contributed by atoms with Crippen LogP contribution in [0.5, 0.6) is 0 Å². The Hall–Kier alpha value is -1.57. The number of rotatable bonds is 5. The highest BCUT2D eigenvalue weighted by Gasteiger charge is 2.07. The molecule has 0 aliphatic carbocycles. The maximum Gasteiger partial charge on any atom is 0.251 e. The van der Waals surface area contributed by atoms with Gasteiger partial charge >= 0.3 is 0 Å². The first-order valence-electron chi connectivity index (χ1n) is 5.76. The number of allylic oxidation sites excluding steroid dienone is 1. The van der Waals surface area contributed by atoms with E-state index in [2.05, 4.69) is 12.2 Å². The molecule has 0 saturated carbocycles. The van der Waals surface area contributed by atoms with Crippen LogP contribution in [0.4, 0.5) is 0 Å². The van der Waals surface area contributed by atoms with Crippen molar-refractivity contribution in [1.82, 2.24) is 5.32 Å². The number of carbonyl (C=O) groups excluding carboxylic acids is 1. The summed E-state index contributed by atoms with van der Waals surface area (Å²) in [7, 11) is 0. The van der Waals surface area contributed by atoms with E-state index in [1.54, 1.807) is 0 Å². The molecule has 0 aliphatic rings. The number of aryl methyl sites for hydroxylation is 1. The molecule has 0 aliphatic heterocycles. The van der Waals surface area contributed by atoms with Crippen LogP contribution in [0.2, 0.25) is 0 Å². The second-order valence-electron chi connectivity index (χ2n) is 3.62. The first-order valence-corrected chi connectivity index (χ1v) is 5.76. The second kappa shape index (κ2) is 6.83. The minimum absolute atomic E-state index is 0.0296. The molecule has 1 rings (SSSR count). The van der Waals surface area contributed by atoms with Crippen LogP contribution in [0.15, 0.2) is 36.4 Å². The van der Waals surface area contributed by atoms with Gasteiger partial charge in [0.15, 0.2) is 0 Å². The van der Waals surface area contributed by atoms with Crippen LogP contribution >= 0.6 is 0 Å². The van der Waals surface area contributed by atoms with Crippen LogP contribution in [-0.4, -0.2) is 12.5 Å². The van der Waals surface area contributed by atoms with Crippen molar-refractivity contribution in [3.63, 3.8) is 0 Å².